The Morgan fingerprint density at radius 1 is 1.20 bits per heavy atom. The number of nitrogens with zero attached hydrogens (tertiary/aromatic N) is 3. The summed E-state index contributed by atoms with van der Waals surface area (Å²) in [5.41, 5.74) is 1.79. The summed E-state index contributed by atoms with van der Waals surface area (Å²) in [6.45, 7) is 5.56. The number of piperidine rings is 1. The average molecular weight is 359 g/mol. The van der Waals surface area contributed by atoms with Gasteiger partial charge in [-0.15, -0.1) is 10.2 Å². The van der Waals surface area contributed by atoms with E-state index < -0.39 is 0 Å². The first kappa shape index (κ1) is 17.7. The van der Waals surface area contributed by atoms with E-state index in [-0.39, 0.29) is 17.9 Å². The molecule has 0 radical (unpaired) electrons. The van der Waals surface area contributed by atoms with Gasteiger partial charge < -0.3 is 10.2 Å². The van der Waals surface area contributed by atoms with Gasteiger partial charge in [-0.3, -0.25) is 4.79 Å². The first-order valence-corrected chi connectivity index (χ1v) is 9.05. The molecule has 0 saturated carbocycles. The second-order valence-corrected chi connectivity index (χ2v) is 7.17. The van der Waals surface area contributed by atoms with Crippen molar-refractivity contribution in [3.63, 3.8) is 0 Å². The SMILES string of the molecule is CC(C)NC(=O)[C@@H]1CCCN(c2ccc(-c3ccc(Cl)cc3)nn2)C1. The summed E-state index contributed by atoms with van der Waals surface area (Å²) in [7, 11) is 0. The van der Waals surface area contributed by atoms with Crippen LogP contribution in [-0.4, -0.2) is 35.2 Å². The molecule has 1 amide bonds. The zero-order chi connectivity index (χ0) is 17.8. The van der Waals surface area contributed by atoms with Gasteiger partial charge in [0.1, 0.15) is 0 Å². The molecule has 2 aromatic rings. The van der Waals surface area contributed by atoms with Crippen molar-refractivity contribution in [2.75, 3.05) is 18.0 Å². The first-order valence-electron chi connectivity index (χ1n) is 8.68. The van der Waals surface area contributed by atoms with Crippen molar-refractivity contribution in [1.29, 1.82) is 0 Å². The van der Waals surface area contributed by atoms with Crippen molar-refractivity contribution in [2.45, 2.75) is 32.7 Å². The van der Waals surface area contributed by atoms with E-state index in [9.17, 15) is 4.79 Å². The zero-order valence-electron chi connectivity index (χ0n) is 14.6. The molecule has 0 spiro atoms. The van der Waals surface area contributed by atoms with Crippen molar-refractivity contribution in [2.24, 2.45) is 5.92 Å². The van der Waals surface area contributed by atoms with Crippen molar-refractivity contribution in [3.05, 3.63) is 41.4 Å². The van der Waals surface area contributed by atoms with Crippen LogP contribution >= 0.6 is 11.6 Å². The van der Waals surface area contributed by atoms with Gasteiger partial charge in [-0.05, 0) is 51.0 Å². The van der Waals surface area contributed by atoms with E-state index in [1.165, 1.54) is 0 Å². The molecule has 1 atom stereocenters. The maximum Gasteiger partial charge on any atom is 0.225 e. The molecule has 1 aliphatic heterocycles. The normalized spacial score (nSPS) is 17.6. The monoisotopic (exact) mass is 358 g/mol. The molecule has 2 heterocycles. The van der Waals surface area contributed by atoms with Crippen LogP contribution in [0.1, 0.15) is 26.7 Å². The number of aromatic nitrogens is 2. The highest BCUT2D eigenvalue weighted by atomic mass is 35.5. The van der Waals surface area contributed by atoms with E-state index in [0.717, 1.165) is 36.5 Å². The molecule has 5 nitrogen and oxygen atoms in total. The minimum atomic E-state index is 0.00823. The summed E-state index contributed by atoms with van der Waals surface area (Å²) in [5, 5.41) is 12.4. The van der Waals surface area contributed by atoms with Gasteiger partial charge in [0.15, 0.2) is 5.82 Å². The Balaban J connectivity index is 1.69. The van der Waals surface area contributed by atoms with Crippen LogP contribution < -0.4 is 10.2 Å². The first-order chi connectivity index (χ1) is 12.0. The average Bonchev–Trinajstić information content (AvgIpc) is 2.62. The lowest BCUT2D eigenvalue weighted by atomic mass is 9.97. The molecule has 6 heteroatoms. The number of hydrogen-bond donors (Lipinski definition) is 1. The van der Waals surface area contributed by atoms with Gasteiger partial charge >= 0.3 is 0 Å². The van der Waals surface area contributed by atoms with Crippen molar-refractivity contribution < 1.29 is 4.79 Å². The minimum Gasteiger partial charge on any atom is -0.354 e. The number of hydrogen-bond acceptors (Lipinski definition) is 4. The fourth-order valence-corrected chi connectivity index (χ4v) is 3.20. The van der Waals surface area contributed by atoms with Gasteiger partial charge in [0.05, 0.1) is 11.6 Å². The number of nitrogens with one attached hydrogen (secondary N) is 1. The standard InChI is InChI=1S/C19H23ClN4O/c1-13(2)21-19(25)15-4-3-11-24(12-15)18-10-9-17(22-23-18)14-5-7-16(20)8-6-14/h5-10,13,15H,3-4,11-12H2,1-2H3,(H,21,25)/t15-/m1/s1. The number of rotatable bonds is 4. The third-order valence-electron chi connectivity index (χ3n) is 4.34. The largest absolute Gasteiger partial charge is 0.354 e. The predicted octanol–water partition coefficient (Wildman–Crippen LogP) is 3.54. The lowest BCUT2D eigenvalue weighted by molar-refractivity contribution is -0.125. The van der Waals surface area contributed by atoms with Crippen molar-refractivity contribution in [3.8, 4) is 11.3 Å². The Bertz CT molecular complexity index is 715. The van der Waals surface area contributed by atoms with Gasteiger partial charge in [0.2, 0.25) is 5.91 Å². The summed E-state index contributed by atoms with van der Waals surface area (Å²) in [6.07, 6.45) is 1.90. The quantitative estimate of drug-likeness (QED) is 0.908. The van der Waals surface area contributed by atoms with Crippen molar-refractivity contribution in [1.82, 2.24) is 15.5 Å². The van der Waals surface area contributed by atoms with Crippen LogP contribution in [0.15, 0.2) is 36.4 Å². The van der Waals surface area contributed by atoms with E-state index in [0.29, 0.717) is 11.6 Å². The Morgan fingerprint density at radius 3 is 2.60 bits per heavy atom. The zero-order valence-corrected chi connectivity index (χ0v) is 15.3. The van der Waals surface area contributed by atoms with Crippen LogP contribution in [0.2, 0.25) is 5.02 Å². The van der Waals surface area contributed by atoms with Crippen LogP contribution in [0.4, 0.5) is 5.82 Å². The second kappa shape index (κ2) is 7.83. The maximum atomic E-state index is 12.3. The Labute approximate surface area is 153 Å². The highest BCUT2D eigenvalue weighted by Crippen LogP contribution is 2.24. The lowest BCUT2D eigenvalue weighted by Crippen LogP contribution is -2.45. The molecule has 1 aromatic carbocycles. The summed E-state index contributed by atoms with van der Waals surface area (Å²) in [6, 6.07) is 11.6. The number of anilines is 1. The van der Waals surface area contributed by atoms with Crippen molar-refractivity contribution >= 4 is 23.3 Å². The van der Waals surface area contributed by atoms with Gasteiger partial charge in [0.25, 0.3) is 0 Å². The second-order valence-electron chi connectivity index (χ2n) is 6.73. The summed E-state index contributed by atoms with van der Waals surface area (Å²) >= 11 is 5.92. The van der Waals surface area contributed by atoms with Crippen LogP contribution in [-0.2, 0) is 4.79 Å². The van der Waals surface area contributed by atoms with E-state index in [1.54, 1.807) is 0 Å². The number of benzene rings is 1. The third kappa shape index (κ3) is 4.48. The lowest BCUT2D eigenvalue weighted by Gasteiger charge is -2.32. The smallest absolute Gasteiger partial charge is 0.225 e. The molecule has 0 bridgehead atoms. The van der Waals surface area contributed by atoms with Crippen LogP contribution in [0, 0.1) is 5.92 Å². The van der Waals surface area contributed by atoms with Gasteiger partial charge in [0, 0.05) is 29.7 Å². The molecular formula is C19H23ClN4O. The molecule has 1 fully saturated rings. The molecule has 1 saturated heterocycles. The van der Waals surface area contributed by atoms with Gasteiger partial charge in [-0.1, -0.05) is 23.7 Å². The van der Waals surface area contributed by atoms with Crippen LogP contribution in [0.3, 0.4) is 0 Å². The molecule has 0 unspecified atom stereocenters. The van der Waals surface area contributed by atoms with E-state index >= 15 is 0 Å². The summed E-state index contributed by atoms with van der Waals surface area (Å²) in [4.78, 5) is 14.4. The molecule has 3 rings (SSSR count). The molecule has 1 aliphatic rings. The fraction of sp³-hybridized carbons (Fsp3) is 0.421. The number of carbonyl (C=O) groups excluding carboxylic acids is 1. The Morgan fingerprint density at radius 2 is 1.96 bits per heavy atom. The van der Waals surface area contributed by atoms with E-state index in [2.05, 4.69) is 20.4 Å². The molecule has 1 N–H and O–H groups in total. The summed E-state index contributed by atoms with van der Waals surface area (Å²) < 4.78 is 0. The maximum absolute atomic E-state index is 12.3. The number of halogens is 1. The Hall–Kier alpha value is -2.14. The third-order valence-corrected chi connectivity index (χ3v) is 4.59. The summed E-state index contributed by atoms with van der Waals surface area (Å²) in [5.74, 6) is 0.957. The Kier molecular flexibility index (Phi) is 5.53. The highest BCUT2D eigenvalue weighted by molar-refractivity contribution is 6.30. The predicted molar refractivity (Wildman–Crippen MR) is 101 cm³/mol. The van der Waals surface area contributed by atoms with Crippen LogP contribution in [0.25, 0.3) is 11.3 Å². The number of carbonyl (C=O) groups is 1. The molecule has 25 heavy (non-hydrogen) atoms. The minimum absolute atomic E-state index is 0.00823. The number of amides is 1. The van der Waals surface area contributed by atoms with E-state index in [4.69, 9.17) is 11.6 Å². The highest BCUT2D eigenvalue weighted by Gasteiger charge is 2.26. The van der Waals surface area contributed by atoms with Gasteiger partial charge in [-0.2, -0.15) is 0 Å². The molecule has 0 aliphatic carbocycles. The van der Waals surface area contributed by atoms with Gasteiger partial charge in [-0.25, -0.2) is 0 Å². The topological polar surface area (TPSA) is 58.1 Å². The molecular weight excluding hydrogens is 336 g/mol. The molecule has 1 aromatic heterocycles. The van der Waals surface area contributed by atoms with Crippen LogP contribution in [0.5, 0.6) is 0 Å². The van der Waals surface area contributed by atoms with E-state index in [1.807, 2.05) is 50.2 Å². The fourth-order valence-electron chi connectivity index (χ4n) is 3.07. The molecule has 132 valence electrons.